The molecule has 2 N–H and O–H groups in total. The van der Waals surface area contributed by atoms with Crippen LogP contribution in [-0.4, -0.2) is 12.1 Å². The maximum atomic E-state index is 12.1. The quantitative estimate of drug-likeness (QED) is 0.800. The van der Waals surface area contributed by atoms with Crippen LogP contribution in [0, 0.1) is 0 Å². The molecule has 2 amide bonds. The summed E-state index contributed by atoms with van der Waals surface area (Å²) in [5.41, 5.74) is 2.13. The monoisotopic (exact) mass is 328 g/mol. The maximum absolute atomic E-state index is 12.1. The number of carbonyl (C=O) groups excluding carboxylic acids is 1. The summed E-state index contributed by atoms with van der Waals surface area (Å²) < 4.78 is 0. The van der Waals surface area contributed by atoms with Crippen LogP contribution in [0.4, 0.5) is 10.5 Å². The zero-order valence-corrected chi connectivity index (χ0v) is 13.7. The van der Waals surface area contributed by atoms with E-state index in [0.29, 0.717) is 16.6 Å². The lowest BCUT2D eigenvalue weighted by molar-refractivity contribution is 0.242. The Morgan fingerprint density at radius 1 is 0.957 bits per heavy atom. The molecule has 1 aliphatic carbocycles. The highest BCUT2D eigenvalue weighted by Gasteiger charge is 2.23. The van der Waals surface area contributed by atoms with Crippen LogP contribution in [0.15, 0.2) is 54.6 Å². The first-order valence-corrected chi connectivity index (χ1v) is 8.46. The van der Waals surface area contributed by atoms with Crippen molar-refractivity contribution in [3.05, 3.63) is 65.2 Å². The number of rotatable bonds is 3. The highest BCUT2D eigenvalue weighted by molar-refractivity contribution is 6.30. The molecule has 2 aromatic carbocycles. The summed E-state index contributed by atoms with van der Waals surface area (Å²) in [6.07, 6.45) is 4.27. The molecule has 0 spiro atoms. The minimum absolute atomic E-state index is 0.157. The number of hydrogen-bond acceptors (Lipinski definition) is 1. The van der Waals surface area contributed by atoms with Gasteiger partial charge in [0.1, 0.15) is 0 Å². The van der Waals surface area contributed by atoms with Gasteiger partial charge in [-0.05, 0) is 55.4 Å². The van der Waals surface area contributed by atoms with Gasteiger partial charge in [-0.15, -0.1) is 0 Å². The Bertz CT molecular complexity index is 651. The van der Waals surface area contributed by atoms with Crippen molar-refractivity contribution in [1.29, 1.82) is 0 Å². The normalized spacial score (nSPS) is 20.7. The van der Waals surface area contributed by atoms with E-state index in [0.717, 1.165) is 25.7 Å². The van der Waals surface area contributed by atoms with Crippen LogP contribution >= 0.6 is 11.6 Å². The Kier molecular flexibility index (Phi) is 5.19. The Hall–Kier alpha value is -2.00. The molecule has 1 aliphatic rings. The van der Waals surface area contributed by atoms with E-state index in [9.17, 15) is 4.79 Å². The van der Waals surface area contributed by atoms with E-state index >= 15 is 0 Å². The fraction of sp³-hybridized carbons (Fsp3) is 0.316. The molecule has 4 heteroatoms. The summed E-state index contributed by atoms with van der Waals surface area (Å²) >= 11 is 5.92. The van der Waals surface area contributed by atoms with Gasteiger partial charge in [-0.3, -0.25) is 0 Å². The maximum Gasteiger partial charge on any atom is 0.319 e. The van der Waals surface area contributed by atoms with E-state index < -0.39 is 0 Å². The first kappa shape index (κ1) is 15.9. The molecular formula is C19H21ClN2O. The van der Waals surface area contributed by atoms with Gasteiger partial charge in [-0.1, -0.05) is 48.0 Å². The number of halogens is 1. The van der Waals surface area contributed by atoms with Crippen molar-refractivity contribution in [2.75, 3.05) is 5.32 Å². The van der Waals surface area contributed by atoms with Crippen LogP contribution in [0.25, 0.3) is 0 Å². The van der Waals surface area contributed by atoms with Crippen molar-refractivity contribution in [1.82, 2.24) is 5.32 Å². The largest absolute Gasteiger partial charge is 0.335 e. The van der Waals surface area contributed by atoms with Gasteiger partial charge in [0.15, 0.2) is 0 Å². The van der Waals surface area contributed by atoms with Crippen molar-refractivity contribution in [2.24, 2.45) is 0 Å². The SMILES string of the molecule is O=C(Nc1cccc(Cl)c1)N[C@H]1CC[C@@H](c2ccccc2)CC1. The van der Waals surface area contributed by atoms with Gasteiger partial charge < -0.3 is 10.6 Å². The molecule has 3 rings (SSSR count). The van der Waals surface area contributed by atoms with Gasteiger partial charge in [0, 0.05) is 16.8 Å². The molecule has 0 saturated heterocycles. The first-order valence-electron chi connectivity index (χ1n) is 8.09. The molecule has 0 radical (unpaired) electrons. The smallest absolute Gasteiger partial charge is 0.319 e. The van der Waals surface area contributed by atoms with Gasteiger partial charge in [0.25, 0.3) is 0 Å². The molecule has 1 fully saturated rings. The molecule has 0 aliphatic heterocycles. The number of urea groups is 1. The van der Waals surface area contributed by atoms with Crippen molar-refractivity contribution >= 4 is 23.3 Å². The average Bonchev–Trinajstić information content (AvgIpc) is 2.56. The molecule has 1 saturated carbocycles. The van der Waals surface area contributed by atoms with Crippen LogP contribution in [0.3, 0.4) is 0 Å². The first-order chi connectivity index (χ1) is 11.2. The number of anilines is 1. The highest BCUT2D eigenvalue weighted by Crippen LogP contribution is 2.32. The number of benzene rings is 2. The molecule has 120 valence electrons. The number of amides is 2. The van der Waals surface area contributed by atoms with E-state index in [1.807, 2.05) is 12.1 Å². The van der Waals surface area contributed by atoms with E-state index in [4.69, 9.17) is 11.6 Å². The number of carbonyl (C=O) groups is 1. The molecular weight excluding hydrogens is 308 g/mol. The molecule has 23 heavy (non-hydrogen) atoms. The lowest BCUT2D eigenvalue weighted by Gasteiger charge is -2.29. The van der Waals surface area contributed by atoms with Crippen molar-refractivity contribution < 1.29 is 4.79 Å². The molecule has 0 atom stereocenters. The Balaban J connectivity index is 1.48. The van der Waals surface area contributed by atoms with Gasteiger partial charge in [-0.2, -0.15) is 0 Å². The summed E-state index contributed by atoms with van der Waals surface area (Å²) in [6, 6.07) is 17.9. The van der Waals surface area contributed by atoms with Gasteiger partial charge >= 0.3 is 6.03 Å². The molecule has 0 unspecified atom stereocenters. The summed E-state index contributed by atoms with van der Waals surface area (Å²) in [7, 11) is 0. The summed E-state index contributed by atoms with van der Waals surface area (Å²) in [4.78, 5) is 12.1. The van der Waals surface area contributed by atoms with Crippen LogP contribution in [0.2, 0.25) is 5.02 Å². The van der Waals surface area contributed by atoms with Gasteiger partial charge in [0.05, 0.1) is 0 Å². The molecule has 2 aromatic rings. The van der Waals surface area contributed by atoms with Crippen LogP contribution < -0.4 is 10.6 Å². The van der Waals surface area contributed by atoms with E-state index in [-0.39, 0.29) is 12.1 Å². The second kappa shape index (κ2) is 7.51. The third kappa shape index (κ3) is 4.49. The average molecular weight is 329 g/mol. The molecule has 0 heterocycles. The van der Waals surface area contributed by atoms with Gasteiger partial charge in [0.2, 0.25) is 0 Å². The van der Waals surface area contributed by atoms with Crippen molar-refractivity contribution in [2.45, 2.75) is 37.6 Å². The summed E-state index contributed by atoms with van der Waals surface area (Å²) in [5, 5.41) is 6.52. The standard InChI is InChI=1S/C19H21ClN2O/c20-16-7-4-8-18(13-16)22-19(23)21-17-11-9-15(10-12-17)14-5-2-1-3-6-14/h1-8,13,15,17H,9-12H2,(H2,21,22,23)/t15-,17+. The fourth-order valence-electron chi connectivity index (χ4n) is 3.22. The van der Waals surface area contributed by atoms with Crippen LogP contribution in [0.1, 0.15) is 37.2 Å². The highest BCUT2D eigenvalue weighted by atomic mass is 35.5. The topological polar surface area (TPSA) is 41.1 Å². The second-order valence-electron chi connectivity index (χ2n) is 6.07. The van der Waals surface area contributed by atoms with Crippen LogP contribution in [-0.2, 0) is 0 Å². The van der Waals surface area contributed by atoms with Crippen molar-refractivity contribution in [3.63, 3.8) is 0 Å². The summed E-state index contributed by atoms with van der Waals surface area (Å²) in [6.45, 7) is 0. The predicted molar refractivity (Wildman–Crippen MR) is 95.0 cm³/mol. The zero-order valence-electron chi connectivity index (χ0n) is 13.0. The Morgan fingerprint density at radius 2 is 1.70 bits per heavy atom. The van der Waals surface area contributed by atoms with Crippen molar-refractivity contribution in [3.8, 4) is 0 Å². The van der Waals surface area contributed by atoms with E-state index in [1.165, 1.54) is 5.56 Å². The third-order valence-electron chi connectivity index (χ3n) is 4.42. The fourth-order valence-corrected chi connectivity index (χ4v) is 3.41. The van der Waals surface area contributed by atoms with Crippen LogP contribution in [0.5, 0.6) is 0 Å². The van der Waals surface area contributed by atoms with E-state index in [2.05, 4.69) is 41.0 Å². The Labute approximate surface area is 142 Å². The molecule has 3 nitrogen and oxygen atoms in total. The molecule has 0 aromatic heterocycles. The molecule has 0 bridgehead atoms. The lowest BCUT2D eigenvalue weighted by Crippen LogP contribution is -2.39. The predicted octanol–water partition coefficient (Wildman–Crippen LogP) is 5.19. The van der Waals surface area contributed by atoms with E-state index in [1.54, 1.807) is 12.1 Å². The number of nitrogens with one attached hydrogen (secondary N) is 2. The third-order valence-corrected chi connectivity index (χ3v) is 4.65. The Morgan fingerprint density at radius 3 is 2.39 bits per heavy atom. The zero-order chi connectivity index (χ0) is 16.1. The summed E-state index contributed by atoms with van der Waals surface area (Å²) in [5.74, 6) is 0.616. The minimum atomic E-state index is -0.157. The van der Waals surface area contributed by atoms with Gasteiger partial charge in [-0.25, -0.2) is 4.79 Å². The lowest BCUT2D eigenvalue weighted by atomic mass is 9.82. The second-order valence-corrected chi connectivity index (χ2v) is 6.50. The minimum Gasteiger partial charge on any atom is -0.335 e. The number of hydrogen-bond donors (Lipinski definition) is 2.